The lowest BCUT2D eigenvalue weighted by atomic mass is 9.89. The molecular formula is C18H19FN2O3. The van der Waals surface area contributed by atoms with Gasteiger partial charge in [0.05, 0.1) is 0 Å². The van der Waals surface area contributed by atoms with E-state index >= 15 is 0 Å². The van der Waals surface area contributed by atoms with Gasteiger partial charge in [-0.25, -0.2) is 9.18 Å². The molecule has 5 nitrogen and oxygen atoms in total. The molecular weight excluding hydrogens is 311 g/mol. The van der Waals surface area contributed by atoms with Gasteiger partial charge in [-0.05, 0) is 48.6 Å². The first-order chi connectivity index (χ1) is 11.5. The highest BCUT2D eigenvalue weighted by Crippen LogP contribution is 2.35. The van der Waals surface area contributed by atoms with Crippen molar-refractivity contribution in [1.82, 2.24) is 4.90 Å². The van der Waals surface area contributed by atoms with Gasteiger partial charge in [-0.3, -0.25) is 0 Å². The lowest BCUT2D eigenvalue weighted by Gasteiger charge is -2.32. The first kappa shape index (κ1) is 16.1. The predicted molar refractivity (Wildman–Crippen MR) is 88.7 cm³/mol. The number of nitrogens with zero attached hydrogens (tertiary/aromatic N) is 1. The Hall–Kier alpha value is -2.76. The number of rotatable bonds is 2. The van der Waals surface area contributed by atoms with E-state index in [0.717, 1.165) is 18.4 Å². The number of benzene rings is 2. The predicted octanol–water partition coefficient (Wildman–Crippen LogP) is 3.65. The van der Waals surface area contributed by atoms with Crippen molar-refractivity contribution >= 4 is 11.7 Å². The summed E-state index contributed by atoms with van der Waals surface area (Å²) in [5.74, 6) is -0.140. The average Bonchev–Trinajstić information content (AvgIpc) is 2.55. The number of urea groups is 1. The summed E-state index contributed by atoms with van der Waals surface area (Å²) >= 11 is 0. The fraction of sp³-hybridized carbons (Fsp3) is 0.278. The van der Waals surface area contributed by atoms with Gasteiger partial charge in [0.1, 0.15) is 17.3 Å². The molecule has 24 heavy (non-hydrogen) atoms. The van der Waals surface area contributed by atoms with Crippen LogP contribution in [0.15, 0.2) is 42.5 Å². The molecule has 1 heterocycles. The minimum absolute atomic E-state index is 0.0307. The molecule has 0 aromatic heterocycles. The zero-order chi connectivity index (χ0) is 17.1. The molecule has 0 radical (unpaired) electrons. The van der Waals surface area contributed by atoms with Crippen LogP contribution < -0.4 is 5.32 Å². The molecule has 2 aromatic rings. The Morgan fingerprint density at radius 1 is 1.12 bits per heavy atom. The average molecular weight is 330 g/mol. The third kappa shape index (κ3) is 3.59. The van der Waals surface area contributed by atoms with Crippen molar-refractivity contribution in [2.45, 2.75) is 18.8 Å². The van der Waals surface area contributed by atoms with Gasteiger partial charge >= 0.3 is 6.03 Å². The summed E-state index contributed by atoms with van der Waals surface area (Å²) in [6, 6.07) is 10.1. The zero-order valence-corrected chi connectivity index (χ0v) is 13.1. The number of anilines is 1. The quantitative estimate of drug-likeness (QED) is 0.787. The highest BCUT2D eigenvalue weighted by molar-refractivity contribution is 5.89. The third-order valence-electron chi connectivity index (χ3n) is 4.31. The first-order valence-corrected chi connectivity index (χ1v) is 7.86. The molecule has 3 rings (SSSR count). The van der Waals surface area contributed by atoms with Crippen LogP contribution in [-0.4, -0.2) is 34.2 Å². The van der Waals surface area contributed by atoms with Crippen LogP contribution in [0.25, 0.3) is 0 Å². The van der Waals surface area contributed by atoms with Crippen molar-refractivity contribution in [2.24, 2.45) is 0 Å². The number of piperidine rings is 1. The molecule has 1 aliphatic rings. The van der Waals surface area contributed by atoms with Crippen molar-refractivity contribution in [3.05, 3.63) is 53.8 Å². The molecule has 0 atom stereocenters. The van der Waals surface area contributed by atoms with Gasteiger partial charge in [0.2, 0.25) is 0 Å². The fourth-order valence-electron chi connectivity index (χ4n) is 3.04. The molecule has 0 saturated carbocycles. The maximum Gasteiger partial charge on any atom is 0.321 e. The normalized spacial score (nSPS) is 15.3. The number of phenols is 2. The highest BCUT2D eigenvalue weighted by atomic mass is 19.1. The minimum Gasteiger partial charge on any atom is -0.508 e. The van der Waals surface area contributed by atoms with E-state index < -0.39 is 5.82 Å². The minimum atomic E-state index is -0.394. The van der Waals surface area contributed by atoms with E-state index in [4.69, 9.17) is 0 Å². The zero-order valence-electron chi connectivity index (χ0n) is 13.1. The van der Waals surface area contributed by atoms with Crippen molar-refractivity contribution in [2.75, 3.05) is 18.4 Å². The van der Waals surface area contributed by atoms with E-state index in [-0.39, 0.29) is 23.4 Å². The molecule has 1 saturated heterocycles. The monoisotopic (exact) mass is 330 g/mol. The van der Waals surface area contributed by atoms with Crippen LogP contribution in [0.3, 0.4) is 0 Å². The number of aromatic hydroxyl groups is 2. The molecule has 126 valence electrons. The van der Waals surface area contributed by atoms with E-state index in [1.54, 1.807) is 29.2 Å². The maximum atomic E-state index is 13.2. The summed E-state index contributed by atoms with van der Waals surface area (Å²) in [7, 11) is 0. The van der Waals surface area contributed by atoms with Crippen LogP contribution in [0, 0.1) is 5.82 Å². The van der Waals surface area contributed by atoms with Gasteiger partial charge < -0.3 is 20.4 Å². The highest BCUT2D eigenvalue weighted by Gasteiger charge is 2.25. The number of carbonyl (C=O) groups excluding carboxylic acids is 1. The molecule has 1 fully saturated rings. The Kier molecular flexibility index (Phi) is 4.55. The standard InChI is InChI=1S/C18H19FN2O3/c19-13-2-1-3-14(10-13)20-18(24)21-8-6-12(7-9-21)16-5-4-15(22)11-17(16)23/h1-5,10-12,22-23H,6-9H2,(H,20,24). The Morgan fingerprint density at radius 3 is 2.54 bits per heavy atom. The Labute approximate surface area is 139 Å². The Morgan fingerprint density at radius 2 is 1.88 bits per heavy atom. The van der Waals surface area contributed by atoms with E-state index in [0.29, 0.717) is 18.8 Å². The van der Waals surface area contributed by atoms with E-state index in [1.807, 2.05) is 0 Å². The number of hydrogen-bond acceptors (Lipinski definition) is 3. The molecule has 3 N–H and O–H groups in total. The number of carbonyl (C=O) groups is 1. The summed E-state index contributed by atoms with van der Waals surface area (Å²) in [4.78, 5) is 13.9. The number of phenolic OH excluding ortho intramolecular Hbond substituents is 2. The van der Waals surface area contributed by atoms with Gasteiger partial charge in [0.25, 0.3) is 0 Å². The van der Waals surface area contributed by atoms with E-state index in [2.05, 4.69) is 5.32 Å². The van der Waals surface area contributed by atoms with Crippen LogP contribution in [-0.2, 0) is 0 Å². The molecule has 0 aliphatic carbocycles. The second kappa shape index (κ2) is 6.78. The summed E-state index contributed by atoms with van der Waals surface area (Å²) < 4.78 is 13.2. The second-order valence-electron chi connectivity index (χ2n) is 5.94. The smallest absolute Gasteiger partial charge is 0.321 e. The molecule has 2 amide bonds. The SMILES string of the molecule is O=C(Nc1cccc(F)c1)N1CCC(c2ccc(O)cc2O)CC1. The number of likely N-dealkylation sites (tertiary alicyclic amines) is 1. The van der Waals surface area contributed by atoms with Gasteiger partial charge in [-0.1, -0.05) is 12.1 Å². The molecule has 1 aliphatic heterocycles. The molecule has 2 aromatic carbocycles. The van der Waals surface area contributed by atoms with E-state index in [9.17, 15) is 19.4 Å². The van der Waals surface area contributed by atoms with Gasteiger partial charge in [-0.15, -0.1) is 0 Å². The number of nitrogens with one attached hydrogen (secondary N) is 1. The summed E-state index contributed by atoms with van der Waals surface area (Å²) in [6.45, 7) is 1.10. The van der Waals surface area contributed by atoms with Crippen LogP contribution >= 0.6 is 0 Å². The number of amides is 2. The van der Waals surface area contributed by atoms with Crippen molar-refractivity contribution in [3.63, 3.8) is 0 Å². The van der Waals surface area contributed by atoms with Gasteiger partial charge in [0.15, 0.2) is 0 Å². The molecule has 0 bridgehead atoms. The maximum absolute atomic E-state index is 13.2. The Balaban J connectivity index is 1.59. The molecule has 0 unspecified atom stereocenters. The van der Waals surface area contributed by atoms with E-state index in [1.165, 1.54) is 18.2 Å². The van der Waals surface area contributed by atoms with Crippen LogP contribution in [0.5, 0.6) is 11.5 Å². The summed E-state index contributed by atoms with van der Waals surface area (Å²) in [6.07, 6.45) is 1.43. The van der Waals surface area contributed by atoms with Crippen molar-refractivity contribution in [1.29, 1.82) is 0 Å². The van der Waals surface area contributed by atoms with Crippen LogP contribution in [0.1, 0.15) is 24.3 Å². The van der Waals surface area contributed by atoms with Crippen LogP contribution in [0.2, 0.25) is 0 Å². The Bertz CT molecular complexity index is 743. The van der Waals surface area contributed by atoms with Crippen LogP contribution in [0.4, 0.5) is 14.9 Å². The van der Waals surface area contributed by atoms with Gasteiger partial charge in [0, 0.05) is 24.8 Å². The third-order valence-corrected chi connectivity index (χ3v) is 4.31. The number of halogens is 1. The van der Waals surface area contributed by atoms with Crippen molar-refractivity contribution in [3.8, 4) is 11.5 Å². The van der Waals surface area contributed by atoms with Gasteiger partial charge in [-0.2, -0.15) is 0 Å². The lowest BCUT2D eigenvalue weighted by molar-refractivity contribution is 0.194. The largest absolute Gasteiger partial charge is 0.508 e. The second-order valence-corrected chi connectivity index (χ2v) is 5.94. The molecule has 6 heteroatoms. The molecule has 0 spiro atoms. The summed E-state index contributed by atoms with van der Waals surface area (Å²) in [5.41, 5.74) is 1.22. The summed E-state index contributed by atoms with van der Waals surface area (Å²) in [5, 5.41) is 22.0. The van der Waals surface area contributed by atoms with Crippen molar-refractivity contribution < 1.29 is 19.4 Å². The fourth-order valence-corrected chi connectivity index (χ4v) is 3.04. The lowest BCUT2D eigenvalue weighted by Crippen LogP contribution is -2.40. The number of hydrogen-bond donors (Lipinski definition) is 3. The topological polar surface area (TPSA) is 72.8 Å². The first-order valence-electron chi connectivity index (χ1n) is 7.86.